The first-order valence-electron chi connectivity index (χ1n) is 5.96. The van der Waals surface area contributed by atoms with Gasteiger partial charge in [0, 0.05) is 25.4 Å². The van der Waals surface area contributed by atoms with E-state index in [1.54, 1.807) is 11.1 Å². The highest BCUT2D eigenvalue weighted by molar-refractivity contribution is 5.61. The second-order valence-electron chi connectivity index (χ2n) is 4.59. The van der Waals surface area contributed by atoms with E-state index in [9.17, 15) is 8.78 Å². The van der Waals surface area contributed by atoms with Gasteiger partial charge >= 0.3 is 0 Å². The summed E-state index contributed by atoms with van der Waals surface area (Å²) in [7, 11) is 0. The quantitative estimate of drug-likeness (QED) is 0.865. The molecule has 2 aromatic rings. The molecule has 0 bridgehead atoms. The van der Waals surface area contributed by atoms with Crippen LogP contribution in [0.15, 0.2) is 24.4 Å². The van der Waals surface area contributed by atoms with Crippen molar-refractivity contribution in [1.82, 2.24) is 4.98 Å². The molecule has 20 heavy (non-hydrogen) atoms. The minimum absolute atomic E-state index is 0.174. The zero-order valence-corrected chi connectivity index (χ0v) is 10.4. The molecule has 1 aliphatic heterocycles. The maximum atomic E-state index is 13.8. The summed E-state index contributed by atoms with van der Waals surface area (Å²) in [5.74, 6) is -1.07. The van der Waals surface area contributed by atoms with Crippen LogP contribution in [0.25, 0.3) is 0 Å². The van der Waals surface area contributed by atoms with Gasteiger partial charge in [-0.2, -0.15) is 5.26 Å². The fourth-order valence-corrected chi connectivity index (χ4v) is 2.41. The molecule has 2 N–H and O–H groups in total. The molecule has 1 aliphatic rings. The van der Waals surface area contributed by atoms with Gasteiger partial charge in [0.2, 0.25) is 0 Å². The summed E-state index contributed by atoms with van der Waals surface area (Å²) in [5.41, 5.74) is 7.87. The van der Waals surface area contributed by atoms with Crippen LogP contribution in [0.4, 0.5) is 20.3 Å². The molecule has 0 aliphatic carbocycles. The van der Waals surface area contributed by atoms with Crippen molar-refractivity contribution in [3.63, 3.8) is 0 Å². The summed E-state index contributed by atoms with van der Waals surface area (Å²) >= 11 is 0. The lowest BCUT2D eigenvalue weighted by Crippen LogP contribution is -2.16. The van der Waals surface area contributed by atoms with Crippen LogP contribution in [0.5, 0.6) is 0 Å². The van der Waals surface area contributed by atoms with Crippen molar-refractivity contribution in [3.05, 3.63) is 52.7 Å². The van der Waals surface area contributed by atoms with Crippen LogP contribution in [0.1, 0.15) is 16.7 Å². The van der Waals surface area contributed by atoms with E-state index in [0.717, 1.165) is 17.2 Å². The summed E-state index contributed by atoms with van der Waals surface area (Å²) in [6.07, 6.45) is 1.59. The number of nitrogen functional groups attached to an aromatic ring is 1. The zero-order chi connectivity index (χ0) is 14.3. The predicted molar refractivity (Wildman–Crippen MR) is 69.6 cm³/mol. The molecular weight excluding hydrogens is 262 g/mol. The van der Waals surface area contributed by atoms with Gasteiger partial charge in [0.05, 0.1) is 11.3 Å². The Bertz CT molecular complexity index is 737. The molecule has 1 aromatic carbocycles. The zero-order valence-electron chi connectivity index (χ0n) is 10.4. The van der Waals surface area contributed by atoms with E-state index in [4.69, 9.17) is 11.0 Å². The third kappa shape index (κ3) is 1.84. The Morgan fingerprint density at radius 2 is 2.10 bits per heavy atom. The van der Waals surface area contributed by atoms with E-state index in [-0.39, 0.29) is 5.82 Å². The molecular formula is C14H10F2N4. The van der Waals surface area contributed by atoms with Crippen molar-refractivity contribution in [2.45, 2.75) is 13.1 Å². The van der Waals surface area contributed by atoms with E-state index in [2.05, 4.69) is 4.98 Å². The Hall–Kier alpha value is -2.68. The standard InChI is InChI=1S/C14H10F2N4/c15-9-1-2-13(12(16)3-9)20-6-8-5-19-14(18)10(4-17)11(8)7-20/h1-3,5H,6-7H2,(H2,18,19). The maximum absolute atomic E-state index is 13.8. The Morgan fingerprint density at radius 3 is 2.80 bits per heavy atom. The van der Waals surface area contributed by atoms with Crippen molar-refractivity contribution in [3.8, 4) is 6.07 Å². The lowest BCUT2D eigenvalue weighted by atomic mass is 10.1. The van der Waals surface area contributed by atoms with Gasteiger partial charge in [-0.1, -0.05) is 0 Å². The van der Waals surface area contributed by atoms with Crippen LogP contribution in [-0.4, -0.2) is 4.98 Å². The number of fused-ring (bicyclic) bond motifs is 1. The minimum atomic E-state index is -0.628. The van der Waals surface area contributed by atoms with E-state index >= 15 is 0 Å². The highest BCUT2D eigenvalue weighted by Gasteiger charge is 2.25. The first kappa shape index (κ1) is 12.4. The first-order chi connectivity index (χ1) is 9.60. The molecule has 1 aromatic heterocycles. The first-order valence-corrected chi connectivity index (χ1v) is 5.96. The van der Waals surface area contributed by atoms with E-state index in [1.165, 1.54) is 12.1 Å². The van der Waals surface area contributed by atoms with Gasteiger partial charge in [0.15, 0.2) is 0 Å². The van der Waals surface area contributed by atoms with Crippen LogP contribution in [0.2, 0.25) is 0 Å². The van der Waals surface area contributed by atoms with Crippen LogP contribution in [-0.2, 0) is 13.1 Å². The molecule has 0 saturated heterocycles. The van der Waals surface area contributed by atoms with Crippen molar-refractivity contribution in [1.29, 1.82) is 5.26 Å². The minimum Gasteiger partial charge on any atom is -0.383 e. The SMILES string of the molecule is N#Cc1c(N)ncc2c1CN(c1ccc(F)cc1F)C2. The number of halogens is 2. The molecule has 100 valence electrons. The second-order valence-corrected chi connectivity index (χ2v) is 4.59. The monoisotopic (exact) mass is 272 g/mol. The van der Waals surface area contributed by atoms with E-state index in [1.807, 2.05) is 6.07 Å². The second kappa shape index (κ2) is 4.46. The lowest BCUT2D eigenvalue weighted by molar-refractivity contribution is 0.579. The number of aromatic nitrogens is 1. The van der Waals surface area contributed by atoms with Gasteiger partial charge in [0.25, 0.3) is 0 Å². The summed E-state index contributed by atoms with van der Waals surface area (Å²) in [6, 6.07) is 5.46. The number of hydrogen-bond acceptors (Lipinski definition) is 4. The number of nitrogens with zero attached hydrogens (tertiary/aromatic N) is 3. The summed E-state index contributed by atoms with van der Waals surface area (Å²) in [4.78, 5) is 5.68. The Kier molecular flexibility index (Phi) is 2.75. The van der Waals surface area contributed by atoms with Gasteiger partial charge in [0.1, 0.15) is 23.5 Å². The average molecular weight is 272 g/mol. The van der Waals surface area contributed by atoms with Crippen molar-refractivity contribution in [2.75, 3.05) is 10.6 Å². The third-order valence-corrected chi connectivity index (χ3v) is 3.38. The smallest absolute Gasteiger partial charge is 0.149 e. The van der Waals surface area contributed by atoms with Crippen molar-refractivity contribution >= 4 is 11.5 Å². The maximum Gasteiger partial charge on any atom is 0.149 e. The molecule has 0 fully saturated rings. The fourth-order valence-electron chi connectivity index (χ4n) is 2.41. The molecule has 0 atom stereocenters. The van der Waals surface area contributed by atoms with Crippen molar-refractivity contribution in [2.24, 2.45) is 0 Å². The van der Waals surface area contributed by atoms with Gasteiger partial charge < -0.3 is 10.6 Å². The van der Waals surface area contributed by atoms with Crippen LogP contribution in [0.3, 0.4) is 0 Å². The number of nitrogens with two attached hydrogens (primary N) is 1. The normalized spacial score (nSPS) is 13.2. The largest absolute Gasteiger partial charge is 0.383 e. The Morgan fingerprint density at radius 1 is 1.30 bits per heavy atom. The number of pyridine rings is 1. The van der Waals surface area contributed by atoms with Crippen LogP contribution < -0.4 is 10.6 Å². The fraction of sp³-hybridized carbons (Fsp3) is 0.143. The summed E-state index contributed by atoms with van der Waals surface area (Å²) < 4.78 is 26.7. The number of anilines is 2. The van der Waals surface area contributed by atoms with Gasteiger partial charge in [-0.3, -0.25) is 0 Å². The Balaban J connectivity index is 2.01. The molecule has 4 nitrogen and oxygen atoms in total. The van der Waals surface area contributed by atoms with Crippen LogP contribution in [0, 0.1) is 23.0 Å². The Labute approximate surface area is 114 Å². The lowest BCUT2D eigenvalue weighted by Gasteiger charge is -2.18. The number of hydrogen-bond donors (Lipinski definition) is 1. The summed E-state index contributed by atoms with van der Waals surface area (Å²) in [5, 5.41) is 9.12. The molecule has 0 unspecified atom stereocenters. The third-order valence-electron chi connectivity index (χ3n) is 3.38. The molecule has 6 heteroatoms. The number of rotatable bonds is 1. The topological polar surface area (TPSA) is 65.9 Å². The van der Waals surface area contributed by atoms with Crippen molar-refractivity contribution < 1.29 is 8.78 Å². The van der Waals surface area contributed by atoms with Gasteiger partial charge in [-0.25, -0.2) is 13.8 Å². The molecule has 0 spiro atoms. The highest BCUT2D eigenvalue weighted by atomic mass is 19.1. The predicted octanol–water partition coefficient (Wildman–Crippen LogP) is 2.33. The molecule has 0 saturated carbocycles. The molecule has 0 amide bonds. The van der Waals surface area contributed by atoms with Crippen LogP contribution >= 0.6 is 0 Å². The molecule has 3 rings (SSSR count). The number of benzene rings is 1. The molecule has 2 heterocycles. The summed E-state index contributed by atoms with van der Waals surface area (Å²) in [6.45, 7) is 0.771. The highest BCUT2D eigenvalue weighted by Crippen LogP contribution is 2.32. The molecule has 0 radical (unpaired) electrons. The van der Waals surface area contributed by atoms with Gasteiger partial charge in [-0.15, -0.1) is 0 Å². The number of nitriles is 1. The average Bonchev–Trinajstić information content (AvgIpc) is 2.82. The van der Waals surface area contributed by atoms with E-state index in [0.29, 0.717) is 24.3 Å². The van der Waals surface area contributed by atoms with E-state index < -0.39 is 11.6 Å². The van der Waals surface area contributed by atoms with Gasteiger partial charge in [-0.05, 0) is 23.3 Å².